The van der Waals surface area contributed by atoms with E-state index in [1.165, 1.54) is 24.2 Å². The fourth-order valence-electron chi connectivity index (χ4n) is 1.33. The summed E-state index contributed by atoms with van der Waals surface area (Å²) in [4.78, 5) is 8.69. The number of benzene rings is 1. The van der Waals surface area contributed by atoms with Gasteiger partial charge in [-0.25, -0.2) is 18.7 Å². The second-order valence-corrected chi connectivity index (χ2v) is 4.54. The van der Waals surface area contributed by atoms with Crippen molar-refractivity contribution in [1.82, 2.24) is 9.97 Å². The van der Waals surface area contributed by atoms with Crippen molar-refractivity contribution in [3.05, 3.63) is 42.2 Å². The minimum absolute atomic E-state index is 0.593. The average Bonchev–Trinajstić information content (AvgIpc) is 2.35. The van der Waals surface area contributed by atoms with Gasteiger partial charge in [0.25, 0.3) is 0 Å². The maximum Gasteiger partial charge on any atom is 0.159 e. The lowest BCUT2D eigenvalue weighted by Gasteiger charge is -2.04. The fraction of sp³-hybridized carbons (Fsp3) is 0.167. The first-order valence-corrected chi connectivity index (χ1v) is 6.19. The summed E-state index contributed by atoms with van der Waals surface area (Å²) >= 11 is 1.25. The maximum absolute atomic E-state index is 13.0. The molecule has 0 aliphatic rings. The summed E-state index contributed by atoms with van der Waals surface area (Å²) in [5, 5.41) is 3.73. The number of aromatic nitrogens is 2. The van der Waals surface area contributed by atoms with Crippen LogP contribution < -0.4 is 5.32 Å². The molecule has 18 heavy (non-hydrogen) atoms. The monoisotopic (exact) mass is 267 g/mol. The van der Waals surface area contributed by atoms with E-state index in [2.05, 4.69) is 15.3 Å². The molecule has 0 atom stereocenters. The van der Waals surface area contributed by atoms with Crippen LogP contribution in [0.2, 0.25) is 0 Å². The van der Waals surface area contributed by atoms with Crippen LogP contribution in [0.5, 0.6) is 0 Å². The van der Waals surface area contributed by atoms with Gasteiger partial charge in [-0.1, -0.05) is 11.8 Å². The van der Waals surface area contributed by atoms with Crippen LogP contribution >= 0.6 is 11.8 Å². The molecule has 0 fully saturated rings. The van der Waals surface area contributed by atoms with Crippen molar-refractivity contribution in [3.63, 3.8) is 0 Å². The van der Waals surface area contributed by atoms with Gasteiger partial charge in [0.1, 0.15) is 17.2 Å². The SMILES string of the molecule is CCNc1cc(Sc2ccc(F)c(F)c2)ncn1. The highest BCUT2D eigenvalue weighted by Crippen LogP contribution is 2.27. The third kappa shape index (κ3) is 3.16. The third-order valence-corrected chi connectivity index (χ3v) is 3.04. The Morgan fingerprint density at radius 1 is 1.17 bits per heavy atom. The van der Waals surface area contributed by atoms with E-state index in [0.717, 1.165) is 18.7 Å². The van der Waals surface area contributed by atoms with Gasteiger partial charge >= 0.3 is 0 Å². The quantitative estimate of drug-likeness (QED) is 0.862. The maximum atomic E-state index is 13.0. The summed E-state index contributed by atoms with van der Waals surface area (Å²) < 4.78 is 25.8. The van der Waals surface area contributed by atoms with Crippen LogP contribution in [0.25, 0.3) is 0 Å². The first-order chi connectivity index (χ1) is 8.69. The van der Waals surface area contributed by atoms with Crippen molar-refractivity contribution in [1.29, 1.82) is 0 Å². The highest BCUT2D eigenvalue weighted by Gasteiger charge is 2.05. The first kappa shape index (κ1) is 12.8. The Bertz CT molecular complexity index is 549. The van der Waals surface area contributed by atoms with Gasteiger partial charge in [-0.3, -0.25) is 0 Å². The lowest BCUT2D eigenvalue weighted by atomic mass is 10.3. The smallest absolute Gasteiger partial charge is 0.159 e. The number of nitrogens with one attached hydrogen (secondary N) is 1. The van der Waals surface area contributed by atoms with Gasteiger partial charge < -0.3 is 5.32 Å². The largest absolute Gasteiger partial charge is 0.370 e. The van der Waals surface area contributed by atoms with E-state index >= 15 is 0 Å². The zero-order valence-electron chi connectivity index (χ0n) is 9.65. The van der Waals surface area contributed by atoms with Crippen LogP contribution in [0, 0.1) is 11.6 Å². The lowest BCUT2D eigenvalue weighted by Crippen LogP contribution is -1.99. The highest BCUT2D eigenvalue weighted by atomic mass is 32.2. The van der Waals surface area contributed by atoms with Gasteiger partial charge in [-0.2, -0.15) is 0 Å². The molecule has 1 aromatic heterocycles. The molecule has 1 aromatic carbocycles. The molecule has 1 heterocycles. The number of anilines is 1. The van der Waals surface area contributed by atoms with Gasteiger partial charge in [-0.15, -0.1) is 0 Å². The standard InChI is InChI=1S/C12H11F2N3S/c1-2-15-11-6-12(17-7-16-11)18-8-3-4-9(13)10(14)5-8/h3-7H,2H2,1H3,(H,15,16,17). The van der Waals surface area contributed by atoms with Gasteiger partial charge in [0.2, 0.25) is 0 Å². The van der Waals surface area contributed by atoms with Crippen molar-refractivity contribution in [2.24, 2.45) is 0 Å². The minimum Gasteiger partial charge on any atom is -0.370 e. The molecule has 0 bridgehead atoms. The molecule has 2 aromatic rings. The number of rotatable bonds is 4. The molecular weight excluding hydrogens is 256 g/mol. The summed E-state index contributed by atoms with van der Waals surface area (Å²) in [6.45, 7) is 2.72. The van der Waals surface area contributed by atoms with E-state index in [1.807, 2.05) is 6.92 Å². The Balaban J connectivity index is 2.17. The van der Waals surface area contributed by atoms with Crippen molar-refractivity contribution in [3.8, 4) is 0 Å². The van der Waals surface area contributed by atoms with Crippen LogP contribution in [0.3, 0.4) is 0 Å². The summed E-state index contributed by atoms with van der Waals surface area (Å²) in [6.07, 6.45) is 1.43. The number of halogens is 2. The molecular formula is C12H11F2N3S. The van der Waals surface area contributed by atoms with Gasteiger partial charge in [-0.05, 0) is 25.1 Å². The summed E-state index contributed by atoms with van der Waals surface area (Å²) in [5.74, 6) is -1.01. The molecule has 1 N–H and O–H groups in total. The van der Waals surface area contributed by atoms with E-state index in [-0.39, 0.29) is 0 Å². The molecule has 0 spiro atoms. The second-order valence-electron chi connectivity index (χ2n) is 3.45. The summed E-state index contributed by atoms with van der Waals surface area (Å²) in [5.41, 5.74) is 0. The van der Waals surface area contributed by atoms with Crippen molar-refractivity contribution < 1.29 is 8.78 Å². The Morgan fingerprint density at radius 3 is 2.72 bits per heavy atom. The number of hydrogen-bond acceptors (Lipinski definition) is 4. The van der Waals surface area contributed by atoms with E-state index in [0.29, 0.717) is 15.7 Å². The van der Waals surface area contributed by atoms with Gasteiger partial charge in [0.05, 0.1) is 0 Å². The number of hydrogen-bond donors (Lipinski definition) is 1. The normalized spacial score (nSPS) is 10.4. The third-order valence-electron chi connectivity index (χ3n) is 2.11. The van der Waals surface area contributed by atoms with E-state index in [9.17, 15) is 8.78 Å². The lowest BCUT2D eigenvalue weighted by molar-refractivity contribution is 0.506. The van der Waals surface area contributed by atoms with Crippen LogP contribution in [-0.2, 0) is 0 Å². The molecule has 0 radical (unpaired) electrons. The zero-order valence-corrected chi connectivity index (χ0v) is 10.5. The molecule has 0 unspecified atom stereocenters. The molecule has 6 heteroatoms. The van der Waals surface area contributed by atoms with Crippen LogP contribution in [0.15, 0.2) is 40.5 Å². The van der Waals surface area contributed by atoms with Crippen molar-refractivity contribution in [2.45, 2.75) is 16.8 Å². The molecule has 2 rings (SSSR count). The molecule has 0 saturated carbocycles. The van der Waals surface area contributed by atoms with Gasteiger partial charge in [0, 0.05) is 17.5 Å². The molecule has 0 aliphatic carbocycles. The Labute approximate surface area is 108 Å². The van der Waals surface area contributed by atoms with E-state index in [1.54, 1.807) is 6.07 Å². The average molecular weight is 267 g/mol. The molecule has 3 nitrogen and oxygen atoms in total. The Kier molecular flexibility index (Phi) is 4.09. The fourth-order valence-corrected chi connectivity index (χ4v) is 2.14. The molecule has 0 aliphatic heterocycles. The van der Waals surface area contributed by atoms with E-state index < -0.39 is 11.6 Å². The second kappa shape index (κ2) is 5.77. The Hall–Kier alpha value is -1.69. The summed E-state index contributed by atoms with van der Waals surface area (Å²) in [6, 6.07) is 5.52. The predicted octanol–water partition coefficient (Wildman–Crippen LogP) is 3.34. The minimum atomic E-state index is -0.860. The Morgan fingerprint density at radius 2 is 2.00 bits per heavy atom. The molecule has 0 saturated heterocycles. The van der Waals surface area contributed by atoms with Crippen LogP contribution in [-0.4, -0.2) is 16.5 Å². The molecule has 94 valence electrons. The first-order valence-electron chi connectivity index (χ1n) is 5.38. The van der Waals surface area contributed by atoms with Crippen molar-refractivity contribution >= 4 is 17.6 Å². The highest BCUT2D eigenvalue weighted by molar-refractivity contribution is 7.99. The topological polar surface area (TPSA) is 37.8 Å². The van der Waals surface area contributed by atoms with Crippen molar-refractivity contribution in [2.75, 3.05) is 11.9 Å². The van der Waals surface area contributed by atoms with Crippen LogP contribution in [0.1, 0.15) is 6.92 Å². The van der Waals surface area contributed by atoms with Crippen LogP contribution in [0.4, 0.5) is 14.6 Å². The molecule has 0 amide bonds. The van der Waals surface area contributed by atoms with E-state index in [4.69, 9.17) is 0 Å². The summed E-state index contributed by atoms with van der Waals surface area (Å²) in [7, 11) is 0. The van der Waals surface area contributed by atoms with Gasteiger partial charge in [0.15, 0.2) is 11.6 Å². The predicted molar refractivity (Wildman–Crippen MR) is 66.7 cm³/mol. The zero-order chi connectivity index (χ0) is 13.0. The number of nitrogens with zero attached hydrogens (tertiary/aromatic N) is 2.